The Balaban J connectivity index is 2.07. The molecule has 1 aliphatic rings. The van der Waals surface area contributed by atoms with E-state index in [4.69, 9.17) is 9.16 Å². The Labute approximate surface area is 84.5 Å². The third-order valence-corrected chi connectivity index (χ3v) is 3.10. The Morgan fingerprint density at radius 1 is 1.31 bits per heavy atom. The van der Waals surface area contributed by atoms with Gasteiger partial charge in [-0.3, -0.25) is 0 Å². The highest BCUT2D eigenvalue weighted by Gasteiger charge is 2.16. The topological polar surface area (TPSA) is 18.5 Å². The van der Waals surface area contributed by atoms with Crippen molar-refractivity contribution in [3.8, 4) is 0 Å². The molecule has 0 N–H and O–H groups in total. The van der Waals surface area contributed by atoms with Gasteiger partial charge in [0.25, 0.3) is 0 Å². The van der Waals surface area contributed by atoms with Crippen LogP contribution in [0, 0.1) is 5.92 Å². The summed E-state index contributed by atoms with van der Waals surface area (Å²) in [5.74, 6) is 0.915. The highest BCUT2D eigenvalue weighted by molar-refractivity contribution is 5.97. The van der Waals surface area contributed by atoms with Gasteiger partial charge in [-0.15, -0.1) is 0 Å². The van der Waals surface area contributed by atoms with E-state index in [2.05, 4.69) is 6.92 Å². The zero-order valence-electron chi connectivity index (χ0n) is 8.92. The number of hydrogen-bond donors (Lipinski definition) is 0. The van der Waals surface area contributed by atoms with Crippen LogP contribution in [0.2, 0.25) is 0 Å². The highest BCUT2D eigenvalue weighted by atomic mass is 28.2. The molecule has 0 aliphatic heterocycles. The van der Waals surface area contributed by atoms with Crippen molar-refractivity contribution in [2.45, 2.75) is 51.6 Å². The Hall–Kier alpha value is 0.137. The minimum absolute atomic E-state index is 0.386. The van der Waals surface area contributed by atoms with E-state index in [1.165, 1.54) is 38.5 Å². The van der Waals surface area contributed by atoms with Gasteiger partial charge in [-0.1, -0.05) is 32.1 Å². The highest BCUT2D eigenvalue weighted by Crippen LogP contribution is 2.27. The van der Waals surface area contributed by atoms with Crippen molar-refractivity contribution in [3.05, 3.63) is 0 Å². The Morgan fingerprint density at radius 2 is 2.00 bits per heavy atom. The van der Waals surface area contributed by atoms with Crippen molar-refractivity contribution in [3.63, 3.8) is 0 Å². The lowest BCUT2D eigenvalue weighted by Gasteiger charge is -2.24. The van der Waals surface area contributed by atoms with Crippen LogP contribution in [-0.2, 0) is 9.16 Å². The molecule has 13 heavy (non-hydrogen) atoms. The maximum absolute atomic E-state index is 5.51. The van der Waals surface area contributed by atoms with Crippen molar-refractivity contribution < 1.29 is 9.16 Å². The molecule has 0 aromatic carbocycles. The first-order chi connectivity index (χ1) is 6.33. The van der Waals surface area contributed by atoms with E-state index in [0.717, 1.165) is 16.4 Å². The molecule has 0 aromatic rings. The molecule has 0 spiro atoms. The molecule has 1 atom stereocenters. The van der Waals surface area contributed by atoms with Gasteiger partial charge in [0.2, 0.25) is 0 Å². The van der Waals surface area contributed by atoms with Gasteiger partial charge in [0.05, 0.1) is 6.10 Å². The summed E-state index contributed by atoms with van der Waals surface area (Å²) in [6, 6.07) is 0. The van der Waals surface area contributed by atoms with Crippen molar-refractivity contribution in [1.82, 2.24) is 0 Å². The van der Waals surface area contributed by atoms with E-state index in [-0.39, 0.29) is 0 Å². The first-order valence-corrected chi connectivity index (χ1v) is 6.25. The summed E-state index contributed by atoms with van der Waals surface area (Å²) >= 11 is 0. The number of rotatable bonds is 5. The maximum atomic E-state index is 5.51. The fourth-order valence-electron chi connectivity index (χ4n) is 2.14. The van der Waals surface area contributed by atoms with Gasteiger partial charge >= 0.3 is 0 Å². The van der Waals surface area contributed by atoms with Crippen LogP contribution < -0.4 is 0 Å². The lowest BCUT2D eigenvalue weighted by atomic mass is 9.86. The van der Waals surface area contributed by atoms with Gasteiger partial charge in [0.15, 0.2) is 0 Å². The quantitative estimate of drug-likeness (QED) is 0.498. The Kier molecular flexibility index (Phi) is 5.67. The van der Waals surface area contributed by atoms with Crippen LogP contribution in [0.25, 0.3) is 0 Å². The van der Waals surface area contributed by atoms with E-state index in [0.29, 0.717) is 12.9 Å². The van der Waals surface area contributed by atoms with Gasteiger partial charge in [0.1, 0.15) is 17.3 Å². The molecule has 78 valence electrons. The molecule has 0 aromatic heterocycles. The summed E-state index contributed by atoms with van der Waals surface area (Å²) in [7, 11) is 0.782. The van der Waals surface area contributed by atoms with Crippen LogP contribution in [-0.4, -0.2) is 23.4 Å². The molecule has 1 unspecified atom stereocenters. The van der Waals surface area contributed by atoms with Crippen LogP contribution in [0.5, 0.6) is 0 Å². The van der Waals surface area contributed by atoms with E-state index in [1.54, 1.807) is 0 Å². The van der Waals surface area contributed by atoms with Crippen LogP contribution in [0.4, 0.5) is 0 Å². The zero-order valence-corrected chi connectivity index (χ0v) is 10.9. The minimum atomic E-state index is 0.386. The molecule has 0 radical (unpaired) electrons. The van der Waals surface area contributed by atoms with Crippen molar-refractivity contribution in [2.24, 2.45) is 5.92 Å². The van der Waals surface area contributed by atoms with Crippen LogP contribution in [0.1, 0.15) is 45.4 Å². The minimum Gasteiger partial charge on any atom is -0.406 e. The predicted octanol–water partition coefficient (Wildman–Crippen LogP) is 1.62. The fraction of sp³-hybridized carbons (Fsp3) is 1.00. The first kappa shape index (κ1) is 11.2. The summed E-state index contributed by atoms with van der Waals surface area (Å²) in [5.41, 5.74) is 0. The summed E-state index contributed by atoms with van der Waals surface area (Å²) in [5, 5.41) is 0. The zero-order chi connectivity index (χ0) is 9.52. The Bertz CT molecular complexity index is 124. The van der Waals surface area contributed by atoms with E-state index >= 15 is 0 Å². The monoisotopic (exact) mass is 202 g/mol. The standard InChI is InChI=1S/C10H22O2Si/c1-9(11-8-12-13)7-10-5-3-2-4-6-10/h9-10H,2-8H2,1,13H3. The van der Waals surface area contributed by atoms with Gasteiger partial charge in [0, 0.05) is 0 Å². The average Bonchev–Trinajstić information content (AvgIpc) is 2.16. The SMILES string of the molecule is CC(CC1CCCCC1)OCO[SiH3]. The van der Waals surface area contributed by atoms with E-state index < -0.39 is 0 Å². The van der Waals surface area contributed by atoms with Crippen LogP contribution >= 0.6 is 0 Å². The second-order valence-corrected chi connectivity index (χ2v) is 4.70. The lowest BCUT2D eigenvalue weighted by Crippen LogP contribution is -2.17. The van der Waals surface area contributed by atoms with Crippen LogP contribution in [0.15, 0.2) is 0 Å². The van der Waals surface area contributed by atoms with Gasteiger partial charge in [-0.25, -0.2) is 0 Å². The molecule has 1 rings (SSSR count). The van der Waals surface area contributed by atoms with E-state index in [9.17, 15) is 0 Å². The summed E-state index contributed by atoms with van der Waals surface area (Å²) in [6.45, 7) is 2.66. The molecular weight excluding hydrogens is 180 g/mol. The molecule has 1 fully saturated rings. The second-order valence-electron chi connectivity index (χ2n) is 4.12. The summed E-state index contributed by atoms with van der Waals surface area (Å²) < 4.78 is 10.5. The number of hydrogen-bond acceptors (Lipinski definition) is 2. The molecule has 3 heteroatoms. The smallest absolute Gasteiger partial charge is 0.149 e. The molecular formula is C10H22O2Si. The number of ether oxygens (including phenoxy) is 1. The Morgan fingerprint density at radius 3 is 2.62 bits per heavy atom. The molecule has 0 amide bonds. The summed E-state index contributed by atoms with van der Waals surface area (Å²) in [4.78, 5) is 0. The predicted molar refractivity (Wildman–Crippen MR) is 57.6 cm³/mol. The lowest BCUT2D eigenvalue weighted by molar-refractivity contribution is -0.0355. The van der Waals surface area contributed by atoms with E-state index in [1.807, 2.05) is 0 Å². The normalized spacial score (nSPS) is 21.9. The van der Waals surface area contributed by atoms with Crippen molar-refractivity contribution in [2.75, 3.05) is 6.79 Å². The molecule has 0 heterocycles. The molecule has 0 bridgehead atoms. The molecule has 1 aliphatic carbocycles. The van der Waals surface area contributed by atoms with Gasteiger partial charge in [-0.05, 0) is 19.3 Å². The third kappa shape index (κ3) is 4.79. The molecule has 2 nitrogen and oxygen atoms in total. The molecule has 1 saturated carbocycles. The van der Waals surface area contributed by atoms with Gasteiger partial charge in [-0.2, -0.15) is 0 Å². The third-order valence-electron chi connectivity index (χ3n) is 2.86. The average molecular weight is 202 g/mol. The van der Waals surface area contributed by atoms with Gasteiger partial charge < -0.3 is 9.16 Å². The van der Waals surface area contributed by atoms with Crippen molar-refractivity contribution >= 4 is 10.5 Å². The van der Waals surface area contributed by atoms with Crippen molar-refractivity contribution in [1.29, 1.82) is 0 Å². The van der Waals surface area contributed by atoms with Crippen LogP contribution in [0.3, 0.4) is 0 Å². The maximum Gasteiger partial charge on any atom is 0.149 e. The fourth-order valence-corrected chi connectivity index (χ4v) is 2.28. The largest absolute Gasteiger partial charge is 0.406 e. The second kappa shape index (κ2) is 6.57. The summed E-state index contributed by atoms with van der Waals surface area (Å²) in [6.07, 6.45) is 8.73. The molecule has 0 saturated heterocycles. The first-order valence-electron chi connectivity index (χ1n) is 5.43.